The molecule has 0 aliphatic rings. The van der Waals surface area contributed by atoms with Crippen molar-refractivity contribution in [2.75, 3.05) is 20.3 Å². The molecule has 0 bridgehead atoms. The number of hydrogen-bond acceptors (Lipinski definition) is 6. The third-order valence-corrected chi connectivity index (χ3v) is 5.64. The standard InChI is InChI=1S/C23H27Cl2N3O6/c1-14(2)11-26-23(30)15(3)27(12-16-5-7-18(24)19(25)9-16)22(29)13-34-17-6-8-20(28(31)32)21(10-17)33-4/h5-10,14-15H,11-13H2,1-4H3,(H,26,30). The normalized spacial score (nSPS) is 11.6. The average molecular weight is 512 g/mol. The van der Waals surface area contributed by atoms with Gasteiger partial charge in [0.05, 0.1) is 22.1 Å². The van der Waals surface area contributed by atoms with Crippen LogP contribution in [0.5, 0.6) is 11.5 Å². The lowest BCUT2D eigenvalue weighted by atomic mass is 10.1. The summed E-state index contributed by atoms with van der Waals surface area (Å²) in [5, 5.41) is 14.6. The van der Waals surface area contributed by atoms with Crippen LogP contribution in [0.25, 0.3) is 0 Å². The van der Waals surface area contributed by atoms with Gasteiger partial charge >= 0.3 is 5.69 Å². The second-order valence-electron chi connectivity index (χ2n) is 7.96. The van der Waals surface area contributed by atoms with Crippen molar-refractivity contribution in [3.8, 4) is 11.5 Å². The number of methoxy groups -OCH3 is 1. The van der Waals surface area contributed by atoms with Crippen molar-refractivity contribution in [2.45, 2.75) is 33.4 Å². The summed E-state index contributed by atoms with van der Waals surface area (Å²) in [7, 11) is 1.30. The third-order valence-electron chi connectivity index (χ3n) is 4.90. The smallest absolute Gasteiger partial charge is 0.311 e. The maximum Gasteiger partial charge on any atom is 0.311 e. The predicted molar refractivity (Wildman–Crippen MR) is 129 cm³/mol. The van der Waals surface area contributed by atoms with Gasteiger partial charge < -0.3 is 19.7 Å². The molecular formula is C23H27Cl2N3O6. The van der Waals surface area contributed by atoms with Gasteiger partial charge in [-0.3, -0.25) is 19.7 Å². The third kappa shape index (κ3) is 7.50. The molecule has 0 aliphatic carbocycles. The summed E-state index contributed by atoms with van der Waals surface area (Å²) in [5.41, 5.74) is 0.459. The van der Waals surface area contributed by atoms with E-state index in [-0.39, 0.29) is 35.6 Å². The van der Waals surface area contributed by atoms with Crippen LogP contribution in [0.1, 0.15) is 26.3 Å². The quantitative estimate of drug-likeness (QED) is 0.351. The first kappa shape index (κ1) is 27.2. The zero-order valence-electron chi connectivity index (χ0n) is 19.3. The van der Waals surface area contributed by atoms with Crippen molar-refractivity contribution >= 4 is 40.7 Å². The molecule has 0 fully saturated rings. The Balaban J connectivity index is 2.21. The maximum atomic E-state index is 13.1. The van der Waals surface area contributed by atoms with E-state index >= 15 is 0 Å². The molecular weight excluding hydrogens is 485 g/mol. The number of carbonyl (C=O) groups excluding carboxylic acids is 2. The molecule has 2 aromatic carbocycles. The first-order valence-corrected chi connectivity index (χ1v) is 11.2. The fourth-order valence-corrected chi connectivity index (χ4v) is 3.32. The van der Waals surface area contributed by atoms with Gasteiger partial charge in [0.2, 0.25) is 11.7 Å². The topological polar surface area (TPSA) is 111 Å². The van der Waals surface area contributed by atoms with Crippen molar-refractivity contribution in [3.63, 3.8) is 0 Å². The van der Waals surface area contributed by atoms with Gasteiger partial charge in [0.25, 0.3) is 5.91 Å². The second kappa shape index (κ2) is 12.4. The number of nitrogens with one attached hydrogen (secondary N) is 1. The van der Waals surface area contributed by atoms with Gasteiger partial charge in [-0.25, -0.2) is 0 Å². The highest BCUT2D eigenvalue weighted by Crippen LogP contribution is 2.31. The summed E-state index contributed by atoms with van der Waals surface area (Å²) >= 11 is 12.1. The Morgan fingerprint density at radius 1 is 1.12 bits per heavy atom. The molecule has 0 saturated heterocycles. The average Bonchev–Trinajstić information content (AvgIpc) is 2.80. The van der Waals surface area contributed by atoms with E-state index in [1.54, 1.807) is 25.1 Å². The minimum absolute atomic E-state index is 0.00374. The Kier molecular flexibility index (Phi) is 9.95. The highest BCUT2D eigenvalue weighted by Gasteiger charge is 2.27. The molecule has 1 N–H and O–H groups in total. The minimum Gasteiger partial charge on any atom is -0.490 e. The summed E-state index contributed by atoms with van der Waals surface area (Å²) in [4.78, 5) is 37.7. The Morgan fingerprint density at radius 2 is 1.82 bits per heavy atom. The first-order valence-electron chi connectivity index (χ1n) is 10.5. The van der Waals surface area contributed by atoms with Crippen LogP contribution in [-0.4, -0.2) is 47.9 Å². The molecule has 34 heavy (non-hydrogen) atoms. The van der Waals surface area contributed by atoms with Crippen LogP contribution in [0.2, 0.25) is 10.0 Å². The number of hydrogen-bond donors (Lipinski definition) is 1. The van der Waals surface area contributed by atoms with Crippen molar-refractivity contribution in [3.05, 3.63) is 62.1 Å². The highest BCUT2D eigenvalue weighted by molar-refractivity contribution is 6.42. The van der Waals surface area contributed by atoms with E-state index in [1.165, 1.54) is 30.2 Å². The molecule has 0 saturated carbocycles. The molecule has 2 aromatic rings. The number of amides is 2. The van der Waals surface area contributed by atoms with Gasteiger partial charge in [-0.15, -0.1) is 0 Å². The molecule has 1 atom stereocenters. The van der Waals surface area contributed by atoms with Crippen LogP contribution in [0, 0.1) is 16.0 Å². The van der Waals surface area contributed by atoms with E-state index in [1.807, 2.05) is 13.8 Å². The highest BCUT2D eigenvalue weighted by atomic mass is 35.5. The van der Waals surface area contributed by atoms with E-state index in [0.29, 0.717) is 22.2 Å². The summed E-state index contributed by atoms with van der Waals surface area (Å²) in [6, 6.07) is 8.10. The number of carbonyl (C=O) groups is 2. The summed E-state index contributed by atoms with van der Waals surface area (Å²) in [5.74, 6) is -0.309. The van der Waals surface area contributed by atoms with E-state index in [4.69, 9.17) is 32.7 Å². The van der Waals surface area contributed by atoms with Crippen LogP contribution in [-0.2, 0) is 16.1 Å². The van der Waals surface area contributed by atoms with Gasteiger partial charge in [0, 0.05) is 25.2 Å². The number of ether oxygens (including phenoxy) is 2. The van der Waals surface area contributed by atoms with Crippen molar-refractivity contribution in [2.24, 2.45) is 5.92 Å². The lowest BCUT2D eigenvalue weighted by molar-refractivity contribution is -0.385. The molecule has 0 spiro atoms. The Bertz CT molecular complexity index is 1050. The van der Waals surface area contributed by atoms with Gasteiger partial charge in [-0.05, 0) is 36.6 Å². The van der Waals surface area contributed by atoms with Gasteiger partial charge in [-0.2, -0.15) is 0 Å². The number of rotatable bonds is 11. The van der Waals surface area contributed by atoms with Crippen molar-refractivity contribution in [1.82, 2.24) is 10.2 Å². The molecule has 2 rings (SSSR count). The summed E-state index contributed by atoms with van der Waals surface area (Å²) < 4.78 is 10.6. The number of nitro groups is 1. The zero-order valence-corrected chi connectivity index (χ0v) is 20.9. The lowest BCUT2D eigenvalue weighted by Gasteiger charge is -2.29. The molecule has 0 radical (unpaired) electrons. The maximum absolute atomic E-state index is 13.1. The molecule has 0 heterocycles. The fourth-order valence-electron chi connectivity index (χ4n) is 3.00. The minimum atomic E-state index is -0.796. The monoisotopic (exact) mass is 511 g/mol. The largest absolute Gasteiger partial charge is 0.490 e. The van der Waals surface area contributed by atoms with Gasteiger partial charge in [0.15, 0.2) is 6.61 Å². The van der Waals surface area contributed by atoms with E-state index in [9.17, 15) is 19.7 Å². The SMILES string of the molecule is COc1cc(OCC(=O)N(Cc2ccc(Cl)c(Cl)c2)C(C)C(=O)NCC(C)C)ccc1[N+](=O)[O-]. The molecule has 1 unspecified atom stereocenters. The van der Waals surface area contributed by atoms with Crippen molar-refractivity contribution in [1.29, 1.82) is 0 Å². The first-order chi connectivity index (χ1) is 16.0. The lowest BCUT2D eigenvalue weighted by Crippen LogP contribution is -2.49. The van der Waals surface area contributed by atoms with Crippen LogP contribution in [0.4, 0.5) is 5.69 Å². The van der Waals surface area contributed by atoms with Crippen LogP contribution >= 0.6 is 23.2 Å². The molecule has 184 valence electrons. The molecule has 9 nitrogen and oxygen atoms in total. The number of nitro benzene ring substituents is 1. The van der Waals surface area contributed by atoms with E-state index in [0.717, 1.165) is 0 Å². The van der Waals surface area contributed by atoms with E-state index < -0.39 is 23.5 Å². The molecule has 0 aromatic heterocycles. The summed E-state index contributed by atoms with van der Waals surface area (Å²) in [6.07, 6.45) is 0. The Labute approximate surface area is 208 Å². The van der Waals surface area contributed by atoms with E-state index in [2.05, 4.69) is 5.32 Å². The molecule has 2 amide bonds. The van der Waals surface area contributed by atoms with Gasteiger partial charge in [-0.1, -0.05) is 43.1 Å². The van der Waals surface area contributed by atoms with Crippen LogP contribution in [0.15, 0.2) is 36.4 Å². The number of halogens is 2. The molecule has 11 heteroatoms. The number of benzene rings is 2. The Morgan fingerprint density at radius 3 is 2.41 bits per heavy atom. The fraction of sp³-hybridized carbons (Fsp3) is 0.391. The Hall–Kier alpha value is -3.04. The van der Waals surface area contributed by atoms with Gasteiger partial charge in [0.1, 0.15) is 11.8 Å². The predicted octanol–water partition coefficient (Wildman–Crippen LogP) is 4.48. The van der Waals surface area contributed by atoms with Crippen LogP contribution in [0.3, 0.4) is 0 Å². The second-order valence-corrected chi connectivity index (χ2v) is 8.78. The molecule has 0 aliphatic heterocycles. The zero-order chi connectivity index (χ0) is 25.4. The number of nitrogens with zero attached hydrogens (tertiary/aromatic N) is 2. The van der Waals surface area contributed by atoms with Crippen LogP contribution < -0.4 is 14.8 Å². The summed E-state index contributed by atoms with van der Waals surface area (Å²) in [6.45, 7) is 5.73. The van der Waals surface area contributed by atoms with Crippen molar-refractivity contribution < 1.29 is 24.0 Å².